The number of hydrogen-bond acceptors (Lipinski definition) is 6. The van der Waals surface area contributed by atoms with E-state index in [4.69, 9.17) is 15.0 Å². The Morgan fingerprint density at radius 1 is 1.43 bits per heavy atom. The molecule has 1 saturated carbocycles. The molecule has 0 spiro atoms. The molecule has 1 aromatic rings. The Bertz CT molecular complexity index is 498. The molecule has 2 aliphatic rings. The third-order valence-corrected chi connectivity index (χ3v) is 4.43. The number of ether oxygens (including phenoxy) is 1. The minimum atomic E-state index is -0.444. The normalized spacial score (nSPS) is 28.0. The molecule has 2 N–H and O–H groups in total. The van der Waals surface area contributed by atoms with Crippen molar-refractivity contribution in [2.24, 2.45) is 5.73 Å². The summed E-state index contributed by atoms with van der Waals surface area (Å²) in [4.78, 5) is 18.1. The molecule has 7 nitrogen and oxygen atoms in total. The van der Waals surface area contributed by atoms with Crippen LogP contribution in [-0.2, 0) is 16.1 Å². The molecule has 1 aliphatic carbocycles. The molecule has 116 valence electrons. The largest absolute Gasteiger partial charge is 0.375 e. The Hall–Kier alpha value is -1.47. The summed E-state index contributed by atoms with van der Waals surface area (Å²) in [5.74, 6) is 1.41. The molecule has 2 heterocycles. The first-order chi connectivity index (χ1) is 10.1. The molecule has 21 heavy (non-hydrogen) atoms. The van der Waals surface area contributed by atoms with E-state index < -0.39 is 6.04 Å². The van der Waals surface area contributed by atoms with Crippen molar-refractivity contribution in [2.75, 3.05) is 13.2 Å². The predicted octanol–water partition coefficient (Wildman–Crippen LogP) is 0.802. The number of primary amides is 1. The fourth-order valence-corrected chi connectivity index (χ4v) is 3.33. The molecule has 0 aromatic carbocycles. The Morgan fingerprint density at radius 2 is 2.19 bits per heavy atom. The quantitative estimate of drug-likeness (QED) is 0.882. The lowest BCUT2D eigenvalue weighted by atomic mass is 10.1. The molecule has 1 aromatic heterocycles. The molecule has 2 atom stereocenters. The van der Waals surface area contributed by atoms with Crippen LogP contribution in [0.3, 0.4) is 0 Å². The lowest BCUT2D eigenvalue weighted by Crippen LogP contribution is -2.56. The SMILES string of the molecule is C[C@H]1OCCN(Cc2nc(C3CCCC3)no2)[C@@H]1C(N)=O. The van der Waals surface area contributed by atoms with Gasteiger partial charge in [-0.05, 0) is 19.8 Å². The zero-order valence-corrected chi connectivity index (χ0v) is 12.3. The Balaban J connectivity index is 1.68. The van der Waals surface area contributed by atoms with Crippen molar-refractivity contribution in [1.82, 2.24) is 15.0 Å². The van der Waals surface area contributed by atoms with Crippen LogP contribution >= 0.6 is 0 Å². The second kappa shape index (κ2) is 6.11. The van der Waals surface area contributed by atoms with Crippen LogP contribution in [0, 0.1) is 0 Å². The van der Waals surface area contributed by atoms with Crippen molar-refractivity contribution in [3.8, 4) is 0 Å². The summed E-state index contributed by atoms with van der Waals surface area (Å²) in [6, 6.07) is -0.444. The first kappa shape index (κ1) is 14.5. The number of morpholine rings is 1. The fraction of sp³-hybridized carbons (Fsp3) is 0.786. The lowest BCUT2D eigenvalue weighted by molar-refractivity contribution is -0.136. The van der Waals surface area contributed by atoms with Crippen molar-refractivity contribution < 1.29 is 14.1 Å². The highest BCUT2D eigenvalue weighted by Crippen LogP contribution is 2.32. The molecule has 0 radical (unpaired) electrons. The van der Waals surface area contributed by atoms with E-state index in [9.17, 15) is 4.79 Å². The zero-order valence-electron chi connectivity index (χ0n) is 12.3. The van der Waals surface area contributed by atoms with E-state index in [-0.39, 0.29) is 12.0 Å². The highest BCUT2D eigenvalue weighted by atomic mass is 16.5. The van der Waals surface area contributed by atoms with Gasteiger partial charge in [0, 0.05) is 12.5 Å². The summed E-state index contributed by atoms with van der Waals surface area (Å²) in [5, 5.41) is 4.09. The summed E-state index contributed by atoms with van der Waals surface area (Å²) in [5.41, 5.74) is 5.48. The molecule has 7 heteroatoms. The van der Waals surface area contributed by atoms with Crippen LogP contribution in [0.2, 0.25) is 0 Å². The van der Waals surface area contributed by atoms with E-state index in [2.05, 4.69) is 10.1 Å². The molecule has 1 aliphatic heterocycles. The predicted molar refractivity (Wildman–Crippen MR) is 74.3 cm³/mol. The number of nitrogens with two attached hydrogens (primary N) is 1. The number of aromatic nitrogens is 2. The van der Waals surface area contributed by atoms with Crippen LogP contribution < -0.4 is 5.73 Å². The van der Waals surface area contributed by atoms with Gasteiger partial charge in [-0.25, -0.2) is 0 Å². The molecule has 3 rings (SSSR count). The number of carbonyl (C=O) groups excluding carboxylic acids is 1. The maximum absolute atomic E-state index is 11.6. The van der Waals surface area contributed by atoms with Gasteiger partial charge in [0.25, 0.3) is 0 Å². The van der Waals surface area contributed by atoms with Gasteiger partial charge in [-0.15, -0.1) is 0 Å². The van der Waals surface area contributed by atoms with E-state index >= 15 is 0 Å². The van der Waals surface area contributed by atoms with E-state index in [0.29, 0.717) is 31.5 Å². The van der Waals surface area contributed by atoms with Gasteiger partial charge in [0.05, 0.1) is 19.3 Å². The Kier molecular flexibility index (Phi) is 4.21. The minimum Gasteiger partial charge on any atom is -0.375 e. The van der Waals surface area contributed by atoms with Crippen molar-refractivity contribution in [2.45, 2.75) is 57.2 Å². The third kappa shape index (κ3) is 3.08. The number of carbonyl (C=O) groups is 1. The van der Waals surface area contributed by atoms with Gasteiger partial charge in [0.15, 0.2) is 5.82 Å². The van der Waals surface area contributed by atoms with Crippen molar-refractivity contribution >= 4 is 5.91 Å². The van der Waals surface area contributed by atoms with Gasteiger partial charge >= 0.3 is 0 Å². The highest BCUT2D eigenvalue weighted by Gasteiger charge is 2.35. The maximum Gasteiger partial charge on any atom is 0.240 e. The van der Waals surface area contributed by atoms with Crippen LogP contribution in [0.15, 0.2) is 4.52 Å². The van der Waals surface area contributed by atoms with Gasteiger partial charge < -0.3 is 15.0 Å². The molecular weight excluding hydrogens is 272 g/mol. The average molecular weight is 294 g/mol. The maximum atomic E-state index is 11.6. The number of rotatable bonds is 4. The standard InChI is InChI=1S/C14H22N4O3/c1-9-12(13(15)19)18(6-7-20-9)8-11-16-14(17-21-11)10-4-2-3-5-10/h9-10,12H,2-8H2,1H3,(H2,15,19)/t9-,12+/m1/s1. The third-order valence-electron chi connectivity index (χ3n) is 4.43. The van der Waals surface area contributed by atoms with Crippen molar-refractivity contribution in [1.29, 1.82) is 0 Å². The zero-order chi connectivity index (χ0) is 14.8. The molecule has 2 fully saturated rings. The average Bonchev–Trinajstić information content (AvgIpc) is 3.08. The molecular formula is C14H22N4O3. The van der Waals surface area contributed by atoms with Gasteiger partial charge in [0.1, 0.15) is 6.04 Å². The minimum absolute atomic E-state index is 0.214. The van der Waals surface area contributed by atoms with Crippen molar-refractivity contribution in [3.05, 3.63) is 11.7 Å². The van der Waals surface area contributed by atoms with Crippen LogP contribution in [0.25, 0.3) is 0 Å². The molecule has 0 unspecified atom stereocenters. The van der Waals surface area contributed by atoms with Crippen LogP contribution in [0.4, 0.5) is 0 Å². The van der Waals surface area contributed by atoms with E-state index in [0.717, 1.165) is 18.7 Å². The monoisotopic (exact) mass is 294 g/mol. The molecule has 1 amide bonds. The van der Waals surface area contributed by atoms with Gasteiger partial charge in [-0.1, -0.05) is 18.0 Å². The number of amides is 1. The summed E-state index contributed by atoms with van der Waals surface area (Å²) in [6.45, 7) is 3.52. The second-order valence-corrected chi connectivity index (χ2v) is 5.92. The first-order valence-corrected chi connectivity index (χ1v) is 7.62. The Labute approximate surface area is 123 Å². The van der Waals surface area contributed by atoms with E-state index in [1.54, 1.807) is 0 Å². The van der Waals surface area contributed by atoms with Crippen LogP contribution in [-0.4, -0.2) is 46.2 Å². The summed E-state index contributed by atoms with van der Waals surface area (Å²) < 4.78 is 10.8. The smallest absolute Gasteiger partial charge is 0.240 e. The van der Waals surface area contributed by atoms with Gasteiger partial charge in [-0.2, -0.15) is 4.98 Å². The highest BCUT2D eigenvalue weighted by molar-refractivity contribution is 5.80. The summed E-state index contributed by atoms with van der Waals surface area (Å²) in [7, 11) is 0. The first-order valence-electron chi connectivity index (χ1n) is 7.62. The summed E-state index contributed by atoms with van der Waals surface area (Å²) >= 11 is 0. The van der Waals surface area contributed by atoms with Gasteiger partial charge in [0.2, 0.25) is 11.8 Å². The van der Waals surface area contributed by atoms with Gasteiger partial charge in [-0.3, -0.25) is 9.69 Å². The Morgan fingerprint density at radius 3 is 2.90 bits per heavy atom. The second-order valence-electron chi connectivity index (χ2n) is 5.92. The molecule has 0 bridgehead atoms. The fourth-order valence-electron chi connectivity index (χ4n) is 3.33. The van der Waals surface area contributed by atoms with Crippen LogP contribution in [0.1, 0.15) is 50.2 Å². The number of hydrogen-bond donors (Lipinski definition) is 1. The molecule has 1 saturated heterocycles. The number of nitrogens with zero attached hydrogens (tertiary/aromatic N) is 3. The summed E-state index contributed by atoms with van der Waals surface area (Å²) in [6.07, 6.45) is 4.53. The van der Waals surface area contributed by atoms with E-state index in [1.807, 2.05) is 11.8 Å². The van der Waals surface area contributed by atoms with Crippen molar-refractivity contribution in [3.63, 3.8) is 0 Å². The lowest BCUT2D eigenvalue weighted by Gasteiger charge is -2.36. The van der Waals surface area contributed by atoms with E-state index in [1.165, 1.54) is 12.8 Å². The van der Waals surface area contributed by atoms with Crippen LogP contribution in [0.5, 0.6) is 0 Å². The topological polar surface area (TPSA) is 94.5 Å².